The maximum Gasteiger partial charge on any atom is 0.252 e. The molecule has 1 spiro atoms. The molecule has 2 aromatic heterocycles. The van der Waals surface area contributed by atoms with Gasteiger partial charge in [0.25, 0.3) is 6.71 Å². The molecule has 2 nitrogen and oxygen atoms in total. The number of fused-ring (bicyclic) bond motifs is 19. The molecular weight excluding hydrogens is 567 g/mol. The molecule has 0 saturated heterocycles. The lowest BCUT2D eigenvalue weighted by molar-refractivity contribution is 0.0255. The van der Waals surface area contributed by atoms with E-state index in [2.05, 4.69) is 124 Å². The maximum absolute atomic E-state index is 2.74. The zero-order chi connectivity index (χ0) is 29.9. The summed E-state index contributed by atoms with van der Waals surface area (Å²) in [6.07, 6.45) is 4.23. The average Bonchev–Trinajstić information content (AvgIpc) is 3.87. The van der Waals surface area contributed by atoms with Gasteiger partial charge in [-0.1, -0.05) is 97.1 Å². The Labute approximate surface area is 272 Å². The standard InChI is InChI=1S/C44H29BN2/c1-4-14-31-29(11-1)39-33(44(31)24-19-23-20-32(44)30(23)21-24)22-38-40-43(39)47-37-18-6-3-10-26(37)28-13-8-16-35(42(28)47)45(40)34-15-7-12-27-25-9-2-5-17-36(25)46(38)41(27)34/h1-18,22-24,30,32H,19-21H2. The van der Waals surface area contributed by atoms with E-state index in [1.54, 1.807) is 11.1 Å². The molecule has 2 bridgehead atoms. The third-order valence-electron chi connectivity index (χ3n) is 14.3. The topological polar surface area (TPSA) is 9.86 Å². The number of rotatable bonds is 0. The van der Waals surface area contributed by atoms with Crippen LogP contribution in [0.3, 0.4) is 0 Å². The molecule has 0 amide bonds. The normalized spacial score (nSPS) is 26.1. The Bertz CT molecular complexity index is 2830. The van der Waals surface area contributed by atoms with Crippen LogP contribution in [-0.4, -0.2) is 15.8 Å². The summed E-state index contributed by atoms with van der Waals surface area (Å²) in [5.41, 5.74) is 19.2. The van der Waals surface area contributed by atoms with E-state index in [4.69, 9.17) is 0 Å². The van der Waals surface area contributed by atoms with Gasteiger partial charge in [0, 0.05) is 49.2 Å². The van der Waals surface area contributed by atoms with Gasteiger partial charge in [0.1, 0.15) is 0 Å². The fourth-order valence-electron chi connectivity index (χ4n) is 13.0. The molecular formula is C44H29BN2. The predicted octanol–water partition coefficient (Wildman–Crippen LogP) is 7.97. The highest BCUT2D eigenvalue weighted by Crippen LogP contribution is 2.77. The van der Waals surface area contributed by atoms with Gasteiger partial charge in [-0.25, -0.2) is 0 Å². The molecule has 8 aromatic rings. The second-order valence-corrected chi connectivity index (χ2v) is 15.6. The van der Waals surface area contributed by atoms with Gasteiger partial charge >= 0.3 is 0 Å². The molecule has 5 unspecified atom stereocenters. The Kier molecular flexibility index (Phi) is 3.60. The van der Waals surface area contributed by atoms with E-state index in [-0.39, 0.29) is 12.1 Å². The van der Waals surface area contributed by atoms with Crippen molar-refractivity contribution in [1.82, 2.24) is 9.13 Å². The molecule has 3 fully saturated rings. The summed E-state index contributed by atoms with van der Waals surface area (Å²) in [5.74, 6) is 3.38. The third kappa shape index (κ3) is 2.21. The molecule has 2 aliphatic heterocycles. The maximum atomic E-state index is 2.74. The Morgan fingerprint density at radius 3 is 1.98 bits per heavy atom. The van der Waals surface area contributed by atoms with Crippen molar-refractivity contribution in [1.29, 1.82) is 0 Å². The number of hydrogen-bond acceptors (Lipinski definition) is 0. The number of nitrogens with zero attached hydrogens (tertiary/aromatic N) is 2. The second kappa shape index (κ2) is 7.26. The summed E-state index contributed by atoms with van der Waals surface area (Å²) >= 11 is 0. The van der Waals surface area contributed by atoms with E-state index in [1.807, 2.05) is 0 Å². The van der Waals surface area contributed by atoms with Crippen molar-refractivity contribution in [3.8, 4) is 22.5 Å². The van der Waals surface area contributed by atoms with Crippen LogP contribution in [0.2, 0.25) is 0 Å². The number of benzene rings is 6. The third-order valence-corrected chi connectivity index (χ3v) is 14.3. The monoisotopic (exact) mass is 596 g/mol. The summed E-state index contributed by atoms with van der Waals surface area (Å²) in [6.45, 7) is 0.183. The summed E-state index contributed by atoms with van der Waals surface area (Å²) in [4.78, 5) is 0. The first-order valence-electron chi connectivity index (χ1n) is 17.7. The fraction of sp³-hybridized carbons (Fsp3) is 0.182. The van der Waals surface area contributed by atoms with Gasteiger partial charge in [0.15, 0.2) is 0 Å². The first-order chi connectivity index (χ1) is 23.3. The molecule has 218 valence electrons. The molecule has 47 heavy (non-hydrogen) atoms. The minimum Gasteiger partial charge on any atom is -0.310 e. The molecule has 4 aliphatic carbocycles. The van der Waals surface area contributed by atoms with Crippen LogP contribution in [-0.2, 0) is 5.41 Å². The van der Waals surface area contributed by atoms with Crippen LogP contribution in [0.5, 0.6) is 0 Å². The Morgan fingerprint density at radius 2 is 1.26 bits per heavy atom. The molecule has 6 aliphatic rings. The van der Waals surface area contributed by atoms with Crippen LogP contribution in [0, 0.1) is 23.7 Å². The van der Waals surface area contributed by atoms with Gasteiger partial charge in [-0.2, -0.15) is 0 Å². The summed E-state index contributed by atoms with van der Waals surface area (Å²) in [5, 5.41) is 5.48. The van der Waals surface area contributed by atoms with Crippen LogP contribution < -0.4 is 16.4 Å². The minimum atomic E-state index is 0.129. The van der Waals surface area contributed by atoms with Crippen molar-refractivity contribution in [2.24, 2.45) is 23.7 Å². The van der Waals surface area contributed by atoms with Crippen LogP contribution in [0.4, 0.5) is 0 Å². The summed E-state index contributed by atoms with van der Waals surface area (Å²) in [6, 6.07) is 44.9. The molecule has 6 aromatic carbocycles. The summed E-state index contributed by atoms with van der Waals surface area (Å²) in [7, 11) is 0. The lowest BCUT2D eigenvalue weighted by Gasteiger charge is -2.54. The largest absolute Gasteiger partial charge is 0.310 e. The molecule has 3 saturated carbocycles. The SMILES string of the molecule is c1ccc2c(c1)-c1c(cc3c4c1-n1c5ccccc5c5cccc(c51)B4c1cccc4c5ccccc5n-3c14)C21C2CC3CC1C3C2. The average molecular weight is 597 g/mol. The molecule has 3 heteroatoms. The zero-order valence-electron chi connectivity index (χ0n) is 25.9. The highest BCUT2D eigenvalue weighted by Gasteiger charge is 2.71. The van der Waals surface area contributed by atoms with Gasteiger partial charge in [0.05, 0.1) is 16.7 Å². The van der Waals surface area contributed by atoms with Crippen molar-refractivity contribution in [2.45, 2.75) is 24.7 Å². The van der Waals surface area contributed by atoms with Gasteiger partial charge in [-0.15, -0.1) is 0 Å². The van der Waals surface area contributed by atoms with Crippen molar-refractivity contribution in [3.05, 3.63) is 126 Å². The predicted molar refractivity (Wildman–Crippen MR) is 194 cm³/mol. The van der Waals surface area contributed by atoms with Gasteiger partial charge in [-0.3, -0.25) is 0 Å². The van der Waals surface area contributed by atoms with Crippen molar-refractivity contribution >= 4 is 66.7 Å². The Morgan fingerprint density at radius 1 is 0.596 bits per heavy atom. The van der Waals surface area contributed by atoms with Gasteiger partial charge < -0.3 is 9.13 Å². The van der Waals surface area contributed by atoms with E-state index < -0.39 is 0 Å². The second-order valence-electron chi connectivity index (χ2n) is 15.6. The van der Waals surface area contributed by atoms with Crippen LogP contribution in [0.1, 0.15) is 30.4 Å². The summed E-state index contributed by atoms with van der Waals surface area (Å²) < 4.78 is 5.40. The Balaban J connectivity index is 1.28. The van der Waals surface area contributed by atoms with Gasteiger partial charge in [0.2, 0.25) is 0 Å². The molecule has 4 heterocycles. The van der Waals surface area contributed by atoms with Crippen LogP contribution in [0.25, 0.3) is 66.1 Å². The minimum absolute atomic E-state index is 0.129. The van der Waals surface area contributed by atoms with Crippen molar-refractivity contribution in [3.63, 3.8) is 0 Å². The lowest BCUT2D eigenvalue weighted by Crippen LogP contribution is -2.59. The highest BCUT2D eigenvalue weighted by atomic mass is 15.0. The van der Waals surface area contributed by atoms with E-state index in [0.717, 1.165) is 23.7 Å². The van der Waals surface area contributed by atoms with E-state index in [1.165, 1.54) is 102 Å². The molecule has 0 radical (unpaired) electrons. The molecule has 0 N–H and O–H groups in total. The Hall–Kier alpha value is -5.02. The molecule has 5 atom stereocenters. The van der Waals surface area contributed by atoms with Crippen LogP contribution in [0.15, 0.2) is 115 Å². The fourth-order valence-corrected chi connectivity index (χ4v) is 13.0. The smallest absolute Gasteiger partial charge is 0.252 e. The highest BCUT2D eigenvalue weighted by molar-refractivity contribution is 7.00. The van der Waals surface area contributed by atoms with E-state index in [9.17, 15) is 0 Å². The van der Waals surface area contributed by atoms with E-state index in [0.29, 0.717) is 0 Å². The zero-order valence-corrected chi connectivity index (χ0v) is 25.9. The quantitative estimate of drug-likeness (QED) is 0.157. The number of para-hydroxylation sites is 4. The van der Waals surface area contributed by atoms with Crippen molar-refractivity contribution in [2.75, 3.05) is 0 Å². The van der Waals surface area contributed by atoms with E-state index >= 15 is 0 Å². The van der Waals surface area contributed by atoms with Gasteiger partial charge in [-0.05, 0) is 94.2 Å². The van der Waals surface area contributed by atoms with Crippen LogP contribution >= 0.6 is 0 Å². The number of aromatic nitrogens is 2. The lowest BCUT2D eigenvalue weighted by atomic mass is 9.34. The molecule has 14 rings (SSSR count). The first kappa shape index (κ1) is 23.3. The van der Waals surface area contributed by atoms with Crippen molar-refractivity contribution < 1.29 is 0 Å². The first-order valence-corrected chi connectivity index (χ1v) is 17.7. The number of hydrogen-bond donors (Lipinski definition) is 0.